The Morgan fingerprint density at radius 3 is 2.00 bits per heavy atom. The standard InChI is InChI=1S/C11H24N2/c1-5-13(4)11-9-7-6-8-10(11)12(2)3/h10-11H,5-9H2,1-4H3. The molecule has 1 saturated carbocycles. The fourth-order valence-electron chi connectivity index (χ4n) is 2.44. The van der Waals surface area contributed by atoms with E-state index < -0.39 is 0 Å². The van der Waals surface area contributed by atoms with Crippen molar-refractivity contribution in [1.82, 2.24) is 9.80 Å². The zero-order valence-corrected chi connectivity index (χ0v) is 9.58. The highest BCUT2D eigenvalue weighted by atomic mass is 15.2. The summed E-state index contributed by atoms with van der Waals surface area (Å²) in [6, 6.07) is 1.56. The van der Waals surface area contributed by atoms with Crippen LogP contribution in [0.2, 0.25) is 0 Å². The Bertz CT molecular complexity index is 145. The lowest BCUT2D eigenvalue weighted by atomic mass is 9.88. The van der Waals surface area contributed by atoms with Crippen LogP contribution in [-0.4, -0.2) is 49.6 Å². The van der Waals surface area contributed by atoms with Crippen LogP contribution in [0.5, 0.6) is 0 Å². The van der Waals surface area contributed by atoms with Crippen molar-refractivity contribution in [2.75, 3.05) is 27.7 Å². The second-order valence-corrected chi connectivity index (χ2v) is 4.46. The van der Waals surface area contributed by atoms with Crippen LogP contribution in [-0.2, 0) is 0 Å². The summed E-state index contributed by atoms with van der Waals surface area (Å²) < 4.78 is 0. The lowest BCUT2D eigenvalue weighted by Crippen LogP contribution is -2.49. The molecule has 1 rings (SSSR count). The molecule has 0 aromatic rings. The minimum absolute atomic E-state index is 0.777. The average Bonchev–Trinajstić information content (AvgIpc) is 2.16. The van der Waals surface area contributed by atoms with Crippen molar-refractivity contribution in [3.63, 3.8) is 0 Å². The molecule has 0 N–H and O–H groups in total. The number of likely N-dealkylation sites (N-methyl/N-ethyl adjacent to an activating group) is 2. The lowest BCUT2D eigenvalue weighted by molar-refractivity contribution is 0.0962. The molecule has 2 atom stereocenters. The van der Waals surface area contributed by atoms with E-state index in [2.05, 4.69) is 37.9 Å². The predicted molar refractivity (Wildman–Crippen MR) is 58.0 cm³/mol. The van der Waals surface area contributed by atoms with Crippen molar-refractivity contribution in [2.24, 2.45) is 0 Å². The van der Waals surface area contributed by atoms with Gasteiger partial charge in [0.1, 0.15) is 0 Å². The van der Waals surface area contributed by atoms with Gasteiger partial charge in [-0.2, -0.15) is 0 Å². The topological polar surface area (TPSA) is 6.48 Å². The molecule has 2 unspecified atom stereocenters. The first-order valence-electron chi connectivity index (χ1n) is 5.53. The van der Waals surface area contributed by atoms with Crippen LogP contribution >= 0.6 is 0 Å². The quantitative estimate of drug-likeness (QED) is 0.660. The Labute approximate surface area is 82.9 Å². The molecule has 1 aliphatic rings. The maximum atomic E-state index is 2.50. The fraction of sp³-hybridized carbons (Fsp3) is 1.00. The molecule has 13 heavy (non-hydrogen) atoms. The second-order valence-electron chi connectivity index (χ2n) is 4.46. The zero-order chi connectivity index (χ0) is 9.84. The van der Waals surface area contributed by atoms with Gasteiger partial charge in [0.2, 0.25) is 0 Å². The molecular formula is C11H24N2. The monoisotopic (exact) mass is 184 g/mol. The Balaban J connectivity index is 2.56. The molecule has 0 aromatic heterocycles. The molecule has 0 saturated heterocycles. The van der Waals surface area contributed by atoms with Gasteiger partial charge >= 0.3 is 0 Å². The van der Waals surface area contributed by atoms with Crippen molar-refractivity contribution in [3.05, 3.63) is 0 Å². The average molecular weight is 184 g/mol. The Morgan fingerprint density at radius 2 is 1.54 bits per heavy atom. The Kier molecular flexibility index (Phi) is 4.20. The van der Waals surface area contributed by atoms with Crippen LogP contribution in [0.3, 0.4) is 0 Å². The van der Waals surface area contributed by atoms with Gasteiger partial charge in [0.25, 0.3) is 0 Å². The summed E-state index contributed by atoms with van der Waals surface area (Å²) in [6.07, 6.45) is 5.59. The van der Waals surface area contributed by atoms with Crippen molar-refractivity contribution >= 4 is 0 Å². The zero-order valence-electron chi connectivity index (χ0n) is 9.58. The lowest BCUT2D eigenvalue weighted by Gasteiger charge is -2.41. The van der Waals surface area contributed by atoms with Gasteiger partial charge in [-0.15, -0.1) is 0 Å². The molecule has 0 heterocycles. The van der Waals surface area contributed by atoms with Gasteiger partial charge in [0.05, 0.1) is 0 Å². The molecule has 0 aromatic carbocycles. The van der Waals surface area contributed by atoms with Crippen molar-refractivity contribution in [3.8, 4) is 0 Å². The first-order valence-corrected chi connectivity index (χ1v) is 5.53. The maximum Gasteiger partial charge on any atom is 0.0248 e. The molecule has 0 amide bonds. The first kappa shape index (κ1) is 11.0. The second kappa shape index (κ2) is 4.97. The smallest absolute Gasteiger partial charge is 0.0248 e. The SMILES string of the molecule is CCN(C)C1CCCCC1N(C)C. The fourth-order valence-corrected chi connectivity index (χ4v) is 2.44. The number of hydrogen-bond donors (Lipinski definition) is 0. The predicted octanol–water partition coefficient (Wildman–Crippen LogP) is 1.81. The van der Waals surface area contributed by atoms with Gasteiger partial charge in [-0.25, -0.2) is 0 Å². The Morgan fingerprint density at radius 1 is 1.00 bits per heavy atom. The summed E-state index contributed by atoms with van der Waals surface area (Å²) in [5, 5.41) is 0. The summed E-state index contributed by atoms with van der Waals surface area (Å²) in [5.74, 6) is 0. The number of nitrogens with zero attached hydrogens (tertiary/aromatic N) is 2. The summed E-state index contributed by atoms with van der Waals surface area (Å²) in [7, 11) is 6.69. The van der Waals surface area contributed by atoms with E-state index in [1.54, 1.807) is 0 Å². The minimum Gasteiger partial charge on any atom is -0.305 e. The van der Waals surface area contributed by atoms with E-state index in [4.69, 9.17) is 0 Å². The minimum atomic E-state index is 0.777. The third-order valence-electron chi connectivity index (χ3n) is 3.42. The van der Waals surface area contributed by atoms with Gasteiger partial charge < -0.3 is 9.80 Å². The van der Waals surface area contributed by atoms with E-state index in [0.29, 0.717) is 0 Å². The van der Waals surface area contributed by atoms with Gasteiger partial charge in [-0.1, -0.05) is 19.8 Å². The molecule has 2 heteroatoms. The van der Waals surface area contributed by atoms with E-state index in [0.717, 1.165) is 12.1 Å². The molecule has 2 nitrogen and oxygen atoms in total. The van der Waals surface area contributed by atoms with Crippen molar-refractivity contribution in [2.45, 2.75) is 44.7 Å². The number of rotatable bonds is 3. The molecule has 0 aliphatic heterocycles. The summed E-state index contributed by atoms with van der Waals surface area (Å²) in [6.45, 7) is 3.43. The van der Waals surface area contributed by atoms with Gasteiger partial charge in [-0.05, 0) is 40.5 Å². The van der Waals surface area contributed by atoms with Crippen molar-refractivity contribution < 1.29 is 0 Å². The molecule has 0 spiro atoms. The van der Waals surface area contributed by atoms with E-state index in [1.165, 1.54) is 32.2 Å². The normalized spacial score (nSPS) is 30.0. The Hall–Kier alpha value is -0.0800. The molecule has 0 radical (unpaired) electrons. The largest absolute Gasteiger partial charge is 0.305 e. The van der Waals surface area contributed by atoms with Gasteiger partial charge in [0.15, 0.2) is 0 Å². The third-order valence-corrected chi connectivity index (χ3v) is 3.42. The van der Waals surface area contributed by atoms with E-state index >= 15 is 0 Å². The van der Waals surface area contributed by atoms with Crippen LogP contribution in [0.25, 0.3) is 0 Å². The van der Waals surface area contributed by atoms with Crippen LogP contribution in [0.1, 0.15) is 32.6 Å². The van der Waals surface area contributed by atoms with Gasteiger partial charge in [-0.3, -0.25) is 0 Å². The first-order chi connectivity index (χ1) is 6.16. The summed E-state index contributed by atoms with van der Waals surface area (Å²) >= 11 is 0. The van der Waals surface area contributed by atoms with E-state index in [1.807, 2.05) is 0 Å². The van der Waals surface area contributed by atoms with Crippen LogP contribution in [0.15, 0.2) is 0 Å². The van der Waals surface area contributed by atoms with Crippen LogP contribution < -0.4 is 0 Å². The van der Waals surface area contributed by atoms with Crippen LogP contribution in [0.4, 0.5) is 0 Å². The molecule has 1 aliphatic carbocycles. The van der Waals surface area contributed by atoms with E-state index in [9.17, 15) is 0 Å². The highest BCUT2D eigenvalue weighted by Gasteiger charge is 2.28. The molecule has 78 valence electrons. The molecule has 0 bridgehead atoms. The highest BCUT2D eigenvalue weighted by Crippen LogP contribution is 2.24. The third kappa shape index (κ3) is 2.68. The van der Waals surface area contributed by atoms with Gasteiger partial charge in [0, 0.05) is 12.1 Å². The summed E-state index contributed by atoms with van der Waals surface area (Å²) in [4.78, 5) is 4.90. The highest BCUT2D eigenvalue weighted by molar-refractivity contribution is 4.86. The van der Waals surface area contributed by atoms with E-state index in [-0.39, 0.29) is 0 Å². The maximum absolute atomic E-state index is 2.50. The molecular weight excluding hydrogens is 160 g/mol. The number of hydrogen-bond acceptors (Lipinski definition) is 2. The van der Waals surface area contributed by atoms with Crippen LogP contribution in [0, 0.1) is 0 Å². The van der Waals surface area contributed by atoms with Crippen molar-refractivity contribution in [1.29, 1.82) is 0 Å². The summed E-state index contributed by atoms with van der Waals surface area (Å²) in [5.41, 5.74) is 0. The molecule has 1 fully saturated rings.